The van der Waals surface area contributed by atoms with Crippen LogP contribution < -0.4 is 10.1 Å². The highest BCUT2D eigenvalue weighted by Gasteiger charge is 2.15. The van der Waals surface area contributed by atoms with Crippen molar-refractivity contribution < 1.29 is 28.3 Å². The maximum absolute atomic E-state index is 11.9. The molecule has 138 valence electrons. The average molecular weight is 359 g/mol. The average Bonchev–Trinajstić information content (AvgIpc) is 3.15. The maximum atomic E-state index is 11.9. The number of carbonyl (C=O) groups is 3. The molecule has 7 heteroatoms. The van der Waals surface area contributed by atoms with E-state index in [1.807, 2.05) is 0 Å². The number of esters is 1. The lowest BCUT2D eigenvalue weighted by Crippen LogP contribution is -2.33. The number of imide groups is 1. The molecule has 26 heavy (non-hydrogen) atoms. The predicted molar refractivity (Wildman–Crippen MR) is 92.9 cm³/mol. The molecule has 0 saturated carbocycles. The monoisotopic (exact) mass is 359 g/mol. The summed E-state index contributed by atoms with van der Waals surface area (Å²) in [6, 6.07) is 9.38. The summed E-state index contributed by atoms with van der Waals surface area (Å²) in [6.45, 7) is 4.25. The Balaban J connectivity index is 1.76. The molecule has 1 heterocycles. The number of furan rings is 1. The standard InChI is InChI=1S/C19H21NO6/c1-13(2)9-11-24-15-7-5-14(6-8-15)19(23)26-12-17(21)20-18(22)16-4-3-10-25-16/h3-8,10,13H,9,11-12H2,1-2H3,(H,20,21,22). The summed E-state index contributed by atoms with van der Waals surface area (Å²) >= 11 is 0. The molecular weight excluding hydrogens is 338 g/mol. The lowest BCUT2D eigenvalue weighted by Gasteiger charge is -2.09. The molecule has 2 rings (SSSR count). The molecule has 0 atom stereocenters. The summed E-state index contributed by atoms with van der Waals surface area (Å²) in [5.41, 5.74) is 0.284. The molecule has 1 aromatic carbocycles. The molecule has 7 nitrogen and oxygen atoms in total. The first-order valence-corrected chi connectivity index (χ1v) is 8.23. The molecule has 1 aromatic heterocycles. The second kappa shape index (κ2) is 9.41. The van der Waals surface area contributed by atoms with Gasteiger partial charge in [-0.25, -0.2) is 4.79 Å². The van der Waals surface area contributed by atoms with Gasteiger partial charge < -0.3 is 13.9 Å². The Morgan fingerprint density at radius 1 is 1.12 bits per heavy atom. The van der Waals surface area contributed by atoms with Crippen LogP contribution in [0.2, 0.25) is 0 Å². The van der Waals surface area contributed by atoms with E-state index in [-0.39, 0.29) is 11.3 Å². The van der Waals surface area contributed by atoms with Gasteiger partial charge in [0.05, 0.1) is 18.4 Å². The van der Waals surface area contributed by atoms with Gasteiger partial charge in [-0.3, -0.25) is 14.9 Å². The molecular formula is C19H21NO6. The minimum absolute atomic E-state index is 0.00210. The topological polar surface area (TPSA) is 94.8 Å². The fraction of sp³-hybridized carbons (Fsp3) is 0.316. The normalized spacial score (nSPS) is 10.4. The highest BCUT2D eigenvalue weighted by Crippen LogP contribution is 2.14. The van der Waals surface area contributed by atoms with Crippen LogP contribution >= 0.6 is 0 Å². The largest absolute Gasteiger partial charge is 0.494 e. The molecule has 2 aromatic rings. The number of rotatable bonds is 8. The van der Waals surface area contributed by atoms with Crippen LogP contribution in [0.25, 0.3) is 0 Å². The number of ether oxygens (including phenoxy) is 2. The highest BCUT2D eigenvalue weighted by molar-refractivity contribution is 6.04. The Hall–Kier alpha value is -3.09. The lowest BCUT2D eigenvalue weighted by molar-refractivity contribution is -0.123. The maximum Gasteiger partial charge on any atom is 0.338 e. The second-order valence-corrected chi connectivity index (χ2v) is 5.99. The minimum Gasteiger partial charge on any atom is -0.494 e. The summed E-state index contributed by atoms with van der Waals surface area (Å²) in [7, 11) is 0. The fourth-order valence-electron chi connectivity index (χ4n) is 1.95. The van der Waals surface area contributed by atoms with E-state index < -0.39 is 24.4 Å². The van der Waals surface area contributed by atoms with E-state index in [1.54, 1.807) is 24.3 Å². The third-order valence-electron chi connectivity index (χ3n) is 3.39. The Morgan fingerprint density at radius 3 is 2.46 bits per heavy atom. The molecule has 0 fully saturated rings. The molecule has 0 aliphatic rings. The van der Waals surface area contributed by atoms with Gasteiger partial charge in [0.25, 0.3) is 11.8 Å². The molecule has 1 N–H and O–H groups in total. The van der Waals surface area contributed by atoms with Gasteiger partial charge in [-0.05, 0) is 48.7 Å². The van der Waals surface area contributed by atoms with Gasteiger partial charge in [0.15, 0.2) is 12.4 Å². The first-order chi connectivity index (χ1) is 12.5. The van der Waals surface area contributed by atoms with Crippen LogP contribution in [0, 0.1) is 5.92 Å². The SMILES string of the molecule is CC(C)CCOc1ccc(C(=O)OCC(=O)NC(=O)c2ccco2)cc1. The smallest absolute Gasteiger partial charge is 0.338 e. The second-order valence-electron chi connectivity index (χ2n) is 5.99. The van der Waals surface area contributed by atoms with Crippen molar-refractivity contribution in [3.63, 3.8) is 0 Å². The zero-order chi connectivity index (χ0) is 18.9. The van der Waals surface area contributed by atoms with Gasteiger partial charge in [0, 0.05) is 0 Å². The zero-order valence-corrected chi connectivity index (χ0v) is 14.7. The van der Waals surface area contributed by atoms with E-state index in [0.717, 1.165) is 6.42 Å². The molecule has 2 amide bonds. The highest BCUT2D eigenvalue weighted by atomic mass is 16.5. The lowest BCUT2D eigenvalue weighted by atomic mass is 10.1. The van der Waals surface area contributed by atoms with Crippen molar-refractivity contribution in [2.45, 2.75) is 20.3 Å². The minimum atomic E-state index is -0.742. The van der Waals surface area contributed by atoms with Crippen LogP contribution in [-0.4, -0.2) is 31.0 Å². The number of benzene rings is 1. The van der Waals surface area contributed by atoms with Crippen molar-refractivity contribution >= 4 is 17.8 Å². The molecule has 0 aliphatic heterocycles. The number of hydrogen-bond acceptors (Lipinski definition) is 6. The molecule has 0 radical (unpaired) electrons. The van der Waals surface area contributed by atoms with Crippen LogP contribution in [0.15, 0.2) is 47.1 Å². The van der Waals surface area contributed by atoms with Crippen molar-refractivity contribution in [2.24, 2.45) is 5.92 Å². The Bertz CT molecular complexity index is 734. The van der Waals surface area contributed by atoms with Gasteiger partial charge in [-0.2, -0.15) is 0 Å². The number of hydrogen-bond donors (Lipinski definition) is 1. The van der Waals surface area contributed by atoms with E-state index in [2.05, 4.69) is 19.2 Å². The first-order valence-electron chi connectivity index (χ1n) is 8.23. The van der Waals surface area contributed by atoms with Crippen molar-refractivity contribution in [3.05, 3.63) is 54.0 Å². The van der Waals surface area contributed by atoms with E-state index in [9.17, 15) is 14.4 Å². The van der Waals surface area contributed by atoms with Gasteiger partial charge in [0.1, 0.15) is 5.75 Å². The van der Waals surface area contributed by atoms with E-state index in [0.29, 0.717) is 18.3 Å². The number of amides is 2. The van der Waals surface area contributed by atoms with E-state index >= 15 is 0 Å². The molecule has 0 saturated heterocycles. The molecule has 0 spiro atoms. The predicted octanol–water partition coefficient (Wildman–Crippen LogP) is 2.82. The quantitative estimate of drug-likeness (QED) is 0.728. The zero-order valence-electron chi connectivity index (χ0n) is 14.7. The third kappa shape index (κ3) is 6.08. The van der Waals surface area contributed by atoms with Crippen LogP contribution in [0.5, 0.6) is 5.75 Å². The van der Waals surface area contributed by atoms with Crippen molar-refractivity contribution in [2.75, 3.05) is 13.2 Å². The molecule has 0 bridgehead atoms. The van der Waals surface area contributed by atoms with E-state index in [1.165, 1.54) is 18.4 Å². The van der Waals surface area contributed by atoms with Gasteiger partial charge in [0.2, 0.25) is 0 Å². The van der Waals surface area contributed by atoms with Gasteiger partial charge >= 0.3 is 5.97 Å². The van der Waals surface area contributed by atoms with Crippen LogP contribution in [0.4, 0.5) is 0 Å². The Morgan fingerprint density at radius 2 is 1.85 bits per heavy atom. The van der Waals surface area contributed by atoms with E-state index in [4.69, 9.17) is 13.9 Å². The Kier molecular flexibility index (Phi) is 6.96. The van der Waals surface area contributed by atoms with Crippen LogP contribution in [-0.2, 0) is 9.53 Å². The van der Waals surface area contributed by atoms with Gasteiger partial charge in [-0.1, -0.05) is 13.8 Å². The number of carbonyl (C=O) groups excluding carboxylic acids is 3. The van der Waals surface area contributed by atoms with Gasteiger partial charge in [-0.15, -0.1) is 0 Å². The first kappa shape index (κ1) is 19.2. The molecule has 0 aliphatic carbocycles. The van der Waals surface area contributed by atoms with Crippen LogP contribution in [0.3, 0.4) is 0 Å². The summed E-state index contributed by atoms with van der Waals surface area (Å²) < 4.78 is 15.3. The van der Waals surface area contributed by atoms with Crippen molar-refractivity contribution in [1.82, 2.24) is 5.32 Å². The fourth-order valence-corrected chi connectivity index (χ4v) is 1.95. The third-order valence-corrected chi connectivity index (χ3v) is 3.39. The summed E-state index contributed by atoms with van der Waals surface area (Å²) in [6.07, 6.45) is 2.26. The van der Waals surface area contributed by atoms with Crippen molar-refractivity contribution in [1.29, 1.82) is 0 Å². The van der Waals surface area contributed by atoms with Crippen molar-refractivity contribution in [3.8, 4) is 5.75 Å². The summed E-state index contributed by atoms with van der Waals surface area (Å²) in [4.78, 5) is 35.2. The molecule has 0 unspecified atom stereocenters. The summed E-state index contributed by atoms with van der Waals surface area (Å²) in [5, 5.41) is 2.06. The number of nitrogens with one attached hydrogen (secondary N) is 1. The Labute approximate surface area is 151 Å². The summed E-state index contributed by atoms with van der Waals surface area (Å²) in [5.74, 6) is -0.900. The van der Waals surface area contributed by atoms with Crippen LogP contribution in [0.1, 0.15) is 41.2 Å².